The maximum absolute atomic E-state index is 11.7. The third-order valence-corrected chi connectivity index (χ3v) is 2.54. The van der Waals surface area contributed by atoms with Crippen molar-refractivity contribution in [3.63, 3.8) is 0 Å². The van der Waals surface area contributed by atoms with Gasteiger partial charge in [0, 0.05) is 12.0 Å². The molecule has 0 bridgehead atoms. The quantitative estimate of drug-likeness (QED) is 0.600. The first kappa shape index (κ1) is 12.7. The molecule has 0 fully saturated rings. The van der Waals surface area contributed by atoms with Gasteiger partial charge < -0.3 is 4.74 Å². The van der Waals surface area contributed by atoms with Crippen LogP contribution in [0.15, 0.2) is 18.2 Å². The highest BCUT2D eigenvalue weighted by Gasteiger charge is 2.12. The van der Waals surface area contributed by atoms with E-state index in [1.165, 1.54) is 7.11 Å². The van der Waals surface area contributed by atoms with Crippen LogP contribution in [-0.2, 0) is 9.53 Å². The first-order valence-electron chi connectivity index (χ1n) is 4.90. The summed E-state index contributed by atoms with van der Waals surface area (Å²) in [5.74, 6) is -0.531. The van der Waals surface area contributed by atoms with E-state index in [4.69, 9.17) is 11.6 Å². The fourth-order valence-electron chi connectivity index (χ4n) is 1.31. The highest BCUT2D eigenvalue weighted by molar-refractivity contribution is 6.34. The summed E-state index contributed by atoms with van der Waals surface area (Å²) in [5, 5.41) is 0.417. The lowest BCUT2D eigenvalue weighted by molar-refractivity contribution is -0.140. The van der Waals surface area contributed by atoms with Crippen LogP contribution in [0.4, 0.5) is 0 Å². The molecule has 4 heteroatoms. The van der Waals surface area contributed by atoms with Crippen molar-refractivity contribution in [2.24, 2.45) is 0 Å². The number of methoxy groups -OCH3 is 1. The lowest BCUT2D eigenvalue weighted by atomic mass is 10.0. The van der Waals surface area contributed by atoms with Crippen LogP contribution in [0, 0.1) is 6.92 Å². The minimum absolute atomic E-state index is 0.0829. The number of esters is 1. The molecule has 0 aliphatic rings. The number of benzene rings is 1. The summed E-state index contributed by atoms with van der Waals surface area (Å²) in [6, 6.07) is 5.24. The molecule has 1 rings (SSSR count). The van der Waals surface area contributed by atoms with E-state index in [0.717, 1.165) is 5.56 Å². The second-order valence-electron chi connectivity index (χ2n) is 3.48. The lowest BCUT2D eigenvalue weighted by Crippen LogP contribution is -2.06. The second-order valence-corrected chi connectivity index (χ2v) is 3.89. The van der Waals surface area contributed by atoms with E-state index >= 15 is 0 Å². The molecule has 0 radical (unpaired) electrons. The van der Waals surface area contributed by atoms with Crippen LogP contribution in [0.1, 0.15) is 28.8 Å². The van der Waals surface area contributed by atoms with Gasteiger partial charge in [-0.05, 0) is 19.1 Å². The molecule has 86 valence electrons. The van der Waals surface area contributed by atoms with Gasteiger partial charge in [0.1, 0.15) is 0 Å². The average Bonchev–Trinajstić information content (AvgIpc) is 2.28. The van der Waals surface area contributed by atoms with E-state index in [-0.39, 0.29) is 18.6 Å². The van der Waals surface area contributed by atoms with Crippen molar-refractivity contribution in [3.8, 4) is 0 Å². The average molecular weight is 241 g/mol. The summed E-state index contributed by atoms with van der Waals surface area (Å²) in [6.45, 7) is 1.88. The Hall–Kier alpha value is -1.35. The highest BCUT2D eigenvalue weighted by Crippen LogP contribution is 2.19. The smallest absolute Gasteiger partial charge is 0.305 e. The summed E-state index contributed by atoms with van der Waals surface area (Å²) >= 11 is 5.90. The van der Waals surface area contributed by atoms with Gasteiger partial charge >= 0.3 is 5.97 Å². The molecule has 0 aliphatic carbocycles. The fraction of sp³-hybridized carbons (Fsp3) is 0.333. The van der Waals surface area contributed by atoms with Crippen molar-refractivity contribution in [3.05, 3.63) is 34.3 Å². The Kier molecular flexibility index (Phi) is 4.50. The molecule has 1 aromatic carbocycles. The van der Waals surface area contributed by atoms with Crippen molar-refractivity contribution in [2.75, 3.05) is 7.11 Å². The first-order chi connectivity index (χ1) is 7.54. The summed E-state index contributed by atoms with van der Waals surface area (Å²) in [7, 11) is 1.30. The number of aryl methyl sites for hydroxylation is 1. The molecule has 0 aromatic heterocycles. The van der Waals surface area contributed by atoms with E-state index in [1.807, 2.05) is 13.0 Å². The van der Waals surface area contributed by atoms with Gasteiger partial charge in [-0.2, -0.15) is 0 Å². The minimum Gasteiger partial charge on any atom is -0.469 e. The maximum Gasteiger partial charge on any atom is 0.305 e. The Morgan fingerprint density at radius 2 is 2.00 bits per heavy atom. The van der Waals surface area contributed by atoms with Crippen molar-refractivity contribution in [1.82, 2.24) is 0 Å². The van der Waals surface area contributed by atoms with E-state index < -0.39 is 5.97 Å². The Morgan fingerprint density at radius 3 is 2.62 bits per heavy atom. The molecule has 0 spiro atoms. The Morgan fingerprint density at radius 1 is 1.31 bits per heavy atom. The zero-order valence-corrected chi connectivity index (χ0v) is 10.0. The van der Waals surface area contributed by atoms with Gasteiger partial charge in [0.05, 0.1) is 18.6 Å². The number of ketones is 1. The second kappa shape index (κ2) is 5.66. The van der Waals surface area contributed by atoms with Gasteiger partial charge in [-0.1, -0.05) is 23.2 Å². The van der Waals surface area contributed by atoms with Crippen LogP contribution in [0.5, 0.6) is 0 Å². The Bertz CT molecular complexity index is 413. The molecule has 3 nitrogen and oxygen atoms in total. The largest absolute Gasteiger partial charge is 0.469 e. The molecule has 0 aliphatic heterocycles. The maximum atomic E-state index is 11.7. The zero-order valence-electron chi connectivity index (χ0n) is 9.25. The number of hydrogen-bond acceptors (Lipinski definition) is 3. The molecule has 0 atom stereocenters. The molecular formula is C12H13ClO3. The minimum atomic E-state index is -0.392. The van der Waals surface area contributed by atoms with Gasteiger partial charge in [-0.3, -0.25) is 9.59 Å². The van der Waals surface area contributed by atoms with Gasteiger partial charge in [0.15, 0.2) is 5.78 Å². The van der Waals surface area contributed by atoms with E-state index in [9.17, 15) is 9.59 Å². The van der Waals surface area contributed by atoms with Gasteiger partial charge in [-0.25, -0.2) is 0 Å². The number of ether oxygens (including phenoxy) is 1. The van der Waals surface area contributed by atoms with E-state index in [1.54, 1.807) is 12.1 Å². The fourth-order valence-corrected chi connectivity index (χ4v) is 1.53. The van der Waals surface area contributed by atoms with E-state index in [2.05, 4.69) is 4.74 Å². The van der Waals surface area contributed by atoms with Gasteiger partial charge in [0.25, 0.3) is 0 Å². The normalized spacial score (nSPS) is 9.94. The summed E-state index contributed by atoms with van der Waals surface area (Å²) in [4.78, 5) is 22.6. The van der Waals surface area contributed by atoms with Gasteiger partial charge in [-0.15, -0.1) is 0 Å². The third kappa shape index (κ3) is 3.35. The van der Waals surface area contributed by atoms with Crippen molar-refractivity contribution in [1.29, 1.82) is 0 Å². The van der Waals surface area contributed by atoms with Crippen LogP contribution in [0.3, 0.4) is 0 Å². The van der Waals surface area contributed by atoms with Crippen molar-refractivity contribution >= 4 is 23.4 Å². The Labute approximate surface area is 99.4 Å². The number of Topliss-reactive ketones (excluding diaryl/α,β-unsaturated/α-hetero) is 1. The topological polar surface area (TPSA) is 43.4 Å². The molecule has 0 saturated heterocycles. The standard InChI is InChI=1S/C12H13ClO3/c1-8-3-4-10(13)9(7-8)11(14)5-6-12(15)16-2/h3-4,7H,5-6H2,1-2H3. The van der Waals surface area contributed by atoms with Crippen LogP contribution >= 0.6 is 11.6 Å². The molecule has 16 heavy (non-hydrogen) atoms. The summed E-state index contributed by atoms with van der Waals surface area (Å²) < 4.78 is 4.47. The molecule has 0 N–H and O–H groups in total. The van der Waals surface area contributed by atoms with Crippen molar-refractivity contribution in [2.45, 2.75) is 19.8 Å². The number of halogens is 1. The van der Waals surface area contributed by atoms with Crippen LogP contribution in [0.2, 0.25) is 5.02 Å². The summed E-state index contributed by atoms with van der Waals surface area (Å²) in [5.41, 5.74) is 1.43. The van der Waals surface area contributed by atoms with Crippen LogP contribution in [-0.4, -0.2) is 18.9 Å². The molecule has 0 saturated carbocycles. The molecule has 0 amide bonds. The molecular weight excluding hydrogens is 228 g/mol. The van der Waals surface area contributed by atoms with Gasteiger partial charge in [0.2, 0.25) is 0 Å². The number of hydrogen-bond donors (Lipinski definition) is 0. The zero-order chi connectivity index (χ0) is 12.1. The molecule has 0 heterocycles. The molecule has 0 unspecified atom stereocenters. The SMILES string of the molecule is COC(=O)CCC(=O)c1cc(C)ccc1Cl. The third-order valence-electron chi connectivity index (χ3n) is 2.21. The van der Waals surface area contributed by atoms with Crippen molar-refractivity contribution < 1.29 is 14.3 Å². The predicted octanol–water partition coefficient (Wildman–Crippen LogP) is 2.78. The van der Waals surface area contributed by atoms with Crippen LogP contribution < -0.4 is 0 Å². The molecule has 1 aromatic rings. The monoisotopic (exact) mass is 240 g/mol. The van der Waals surface area contributed by atoms with E-state index in [0.29, 0.717) is 10.6 Å². The highest BCUT2D eigenvalue weighted by atomic mass is 35.5. The van der Waals surface area contributed by atoms with Crippen LogP contribution in [0.25, 0.3) is 0 Å². The predicted molar refractivity (Wildman–Crippen MR) is 61.8 cm³/mol. The lowest BCUT2D eigenvalue weighted by Gasteiger charge is -2.04. The number of carbonyl (C=O) groups is 2. The summed E-state index contributed by atoms with van der Waals surface area (Å²) in [6.07, 6.45) is 0.204. The number of carbonyl (C=O) groups excluding carboxylic acids is 2. The first-order valence-corrected chi connectivity index (χ1v) is 5.28. The number of rotatable bonds is 4. The Balaban J connectivity index is 2.73.